The molecule has 1 aliphatic heterocycles. The average molecular weight is 297 g/mol. The van der Waals surface area contributed by atoms with Crippen LogP contribution in [-0.4, -0.2) is 29.9 Å². The SMILES string of the molecule is NC1CCCN(C(=O)C2CC2c2c(F)cccc2Cl)C1. The Morgan fingerprint density at radius 1 is 1.45 bits per heavy atom. The first-order valence-electron chi connectivity index (χ1n) is 7.06. The maximum atomic E-state index is 13.9. The number of likely N-dealkylation sites (tertiary alicyclic amines) is 1. The number of piperidine rings is 1. The average Bonchev–Trinajstić information content (AvgIpc) is 3.18. The van der Waals surface area contributed by atoms with E-state index in [9.17, 15) is 9.18 Å². The van der Waals surface area contributed by atoms with Crippen LogP contribution in [-0.2, 0) is 4.79 Å². The van der Waals surface area contributed by atoms with Crippen molar-refractivity contribution >= 4 is 17.5 Å². The van der Waals surface area contributed by atoms with Crippen molar-refractivity contribution in [1.29, 1.82) is 0 Å². The van der Waals surface area contributed by atoms with Crippen molar-refractivity contribution in [2.24, 2.45) is 11.7 Å². The monoisotopic (exact) mass is 296 g/mol. The molecule has 3 unspecified atom stereocenters. The number of hydrogen-bond acceptors (Lipinski definition) is 2. The molecule has 1 saturated carbocycles. The van der Waals surface area contributed by atoms with Gasteiger partial charge in [-0.25, -0.2) is 4.39 Å². The Morgan fingerprint density at radius 2 is 2.25 bits per heavy atom. The molecule has 3 rings (SSSR count). The van der Waals surface area contributed by atoms with Gasteiger partial charge in [0, 0.05) is 41.6 Å². The summed E-state index contributed by atoms with van der Waals surface area (Å²) in [5.41, 5.74) is 6.40. The summed E-state index contributed by atoms with van der Waals surface area (Å²) in [5.74, 6) is -0.415. The minimum absolute atomic E-state index is 0.0712. The molecule has 20 heavy (non-hydrogen) atoms. The van der Waals surface area contributed by atoms with Crippen molar-refractivity contribution in [2.75, 3.05) is 13.1 Å². The summed E-state index contributed by atoms with van der Waals surface area (Å²) in [6.45, 7) is 1.38. The Kier molecular flexibility index (Phi) is 3.69. The fourth-order valence-electron chi connectivity index (χ4n) is 3.10. The van der Waals surface area contributed by atoms with Gasteiger partial charge in [-0.05, 0) is 31.4 Å². The number of nitrogens with two attached hydrogens (primary N) is 1. The van der Waals surface area contributed by atoms with Crippen molar-refractivity contribution in [1.82, 2.24) is 4.90 Å². The van der Waals surface area contributed by atoms with E-state index < -0.39 is 0 Å². The minimum atomic E-state index is -0.312. The molecule has 3 nitrogen and oxygen atoms in total. The lowest BCUT2D eigenvalue weighted by Crippen LogP contribution is -2.46. The molecule has 0 spiro atoms. The largest absolute Gasteiger partial charge is 0.341 e. The maximum Gasteiger partial charge on any atom is 0.226 e. The second kappa shape index (κ2) is 5.34. The summed E-state index contributed by atoms with van der Waals surface area (Å²) in [6, 6.07) is 4.74. The van der Waals surface area contributed by atoms with Crippen LogP contribution in [0.25, 0.3) is 0 Å². The predicted octanol–water partition coefficient (Wildman–Crippen LogP) is 2.53. The molecule has 1 aliphatic carbocycles. The Balaban J connectivity index is 1.71. The van der Waals surface area contributed by atoms with Gasteiger partial charge in [-0.15, -0.1) is 0 Å². The van der Waals surface area contributed by atoms with Gasteiger partial charge in [-0.1, -0.05) is 17.7 Å². The third kappa shape index (κ3) is 2.54. The molecule has 3 atom stereocenters. The summed E-state index contributed by atoms with van der Waals surface area (Å²) in [6.07, 6.45) is 2.60. The highest BCUT2D eigenvalue weighted by molar-refractivity contribution is 6.31. The predicted molar refractivity (Wildman–Crippen MR) is 76.0 cm³/mol. The van der Waals surface area contributed by atoms with Crippen LogP contribution in [0.4, 0.5) is 4.39 Å². The summed E-state index contributed by atoms with van der Waals surface area (Å²) in [5, 5.41) is 0.417. The van der Waals surface area contributed by atoms with Crippen LogP contribution in [0.15, 0.2) is 18.2 Å². The highest BCUT2D eigenvalue weighted by Crippen LogP contribution is 2.51. The highest BCUT2D eigenvalue weighted by Gasteiger charge is 2.48. The molecule has 0 aromatic heterocycles. The van der Waals surface area contributed by atoms with E-state index in [-0.39, 0.29) is 29.6 Å². The van der Waals surface area contributed by atoms with E-state index in [0.717, 1.165) is 19.4 Å². The topological polar surface area (TPSA) is 46.3 Å². The van der Waals surface area contributed by atoms with E-state index in [1.807, 2.05) is 4.90 Å². The summed E-state index contributed by atoms with van der Waals surface area (Å²) >= 11 is 6.06. The molecule has 0 radical (unpaired) electrons. The fourth-order valence-corrected chi connectivity index (χ4v) is 3.40. The minimum Gasteiger partial charge on any atom is -0.341 e. The Hall–Kier alpha value is -1.13. The van der Waals surface area contributed by atoms with Crippen molar-refractivity contribution in [3.8, 4) is 0 Å². The van der Waals surface area contributed by atoms with Gasteiger partial charge in [-0.3, -0.25) is 4.79 Å². The van der Waals surface area contributed by atoms with Crippen LogP contribution in [0, 0.1) is 11.7 Å². The van der Waals surface area contributed by atoms with Crippen LogP contribution < -0.4 is 5.73 Å². The molecule has 108 valence electrons. The lowest BCUT2D eigenvalue weighted by molar-refractivity contribution is -0.133. The number of amides is 1. The van der Waals surface area contributed by atoms with Crippen LogP contribution in [0.2, 0.25) is 5.02 Å². The Bertz CT molecular complexity index is 516. The molecule has 2 fully saturated rings. The smallest absolute Gasteiger partial charge is 0.226 e. The van der Waals surface area contributed by atoms with Gasteiger partial charge >= 0.3 is 0 Å². The molecular weight excluding hydrogens is 279 g/mol. The van der Waals surface area contributed by atoms with Crippen LogP contribution in [0.1, 0.15) is 30.7 Å². The number of hydrogen-bond donors (Lipinski definition) is 1. The normalized spacial score (nSPS) is 29.4. The van der Waals surface area contributed by atoms with Gasteiger partial charge in [0.2, 0.25) is 5.91 Å². The number of rotatable bonds is 2. The molecule has 2 aliphatic rings. The van der Waals surface area contributed by atoms with E-state index in [1.165, 1.54) is 6.07 Å². The number of carbonyl (C=O) groups excluding carboxylic acids is 1. The van der Waals surface area contributed by atoms with Gasteiger partial charge in [0.15, 0.2) is 0 Å². The first-order chi connectivity index (χ1) is 9.58. The summed E-state index contributed by atoms with van der Waals surface area (Å²) in [7, 11) is 0. The fraction of sp³-hybridized carbons (Fsp3) is 0.533. The van der Waals surface area contributed by atoms with Gasteiger partial charge in [0.1, 0.15) is 5.82 Å². The standard InChI is InChI=1S/C15H18ClFN2O/c16-12-4-1-5-13(17)14(12)10-7-11(10)15(20)19-6-2-3-9(18)8-19/h1,4-5,9-11H,2-3,6-8,18H2. The van der Waals surface area contributed by atoms with E-state index >= 15 is 0 Å². The lowest BCUT2D eigenvalue weighted by Gasteiger charge is -2.31. The molecule has 5 heteroatoms. The number of halogens is 2. The van der Waals surface area contributed by atoms with Crippen LogP contribution >= 0.6 is 11.6 Å². The molecule has 0 bridgehead atoms. The van der Waals surface area contributed by atoms with Crippen molar-refractivity contribution in [3.63, 3.8) is 0 Å². The molecule has 2 N–H and O–H groups in total. The molecule has 1 aromatic rings. The van der Waals surface area contributed by atoms with Gasteiger partial charge in [0.05, 0.1) is 0 Å². The lowest BCUT2D eigenvalue weighted by atomic mass is 10.0. The highest BCUT2D eigenvalue weighted by atomic mass is 35.5. The summed E-state index contributed by atoms with van der Waals surface area (Å²) < 4.78 is 13.9. The second-order valence-corrected chi connectivity index (χ2v) is 6.18. The number of nitrogens with zero attached hydrogens (tertiary/aromatic N) is 1. The molecular formula is C15H18ClFN2O. The quantitative estimate of drug-likeness (QED) is 0.911. The third-order valence-corrected chi connectivity index (χ3v) is 4.58. The first-order valence-corrected chi connectivity index (χ1v) is 7.44. The van der Waals surface area contributed by atoms with Gasteiger partial charge < -0.3 is 10.6 Å². The van der Waals surface area contributed by atoms with Crippen molar-refractivity contribution < 1.29 is 9.18 Å². The van der Waals surface area contributed by atoms with Crippen molar-refractivity contribution in [2.45, 2.75) is 31.2 Å². The molecule has 1 saturated heterocycles. The zero-order valence-corrected chi connectivity index (χ0v) is 11.9. The second-order valence-electron chi connectivity index (χ2n) is 5.77. The van der Waals surface area contributed by atoms with Gasteiger partial charge in [0.25, 0.3) is 0 Å². The first kappa shape index (κ1) is 13.8. The zero-order valence-electron chi connectivity index (χ0n) is 11.2. The van der Waals surface area contributed by atoms with E-state index in [4.69, 9.17) is 17.3 Å². The van der Waals surface area contributed by atoms with Gasteiger partial charge in [-0.2, -0.15) is 0 Å². The Labute approximate surface area is 122 Å². The number of benzene rings is 1. The molecule has 1 amide bonds. The Morgan fingerprint density at radius 3 is 2.95 bits per heavy atom. The summed E-state index contributed by atoms with van der Waals surface area (Å²) in [4.78, 5) is 14.2. The molecule has 1 aromatic carbocycles. The van der Waals surface area contributed by atoms with Crippen LogP contribution in [0.3, 0.4) is 0 Å². The third-order valence-electron chi connectivity index (χ3n) is 4.25. The van der Waals surface area contributed by atoms with Crippen molar-refractivity contribution in [3.05, 3.63) is 34.6 Å². The van der Waals surface area contributed by atoms with E-state index in [2.05, 4.69) is 0 Å². The van der Waals surface area contributed by atoms with E-state index in [0.29, 0.717) is 23.6 Å². The number of carbonyl (C=O) groups is 1. The van der Waals surface area contributed by atoms with Crippen LogP contribution in [0.5, 0.6) is 0 Å². The van der Waals surface area contributed by atoms with E-state index in [1.54, 1.807) is 12.1 Å². The zero-order chi connectivity index (χ0) is 14.3. The molecule has 1 heterocycles. The maximum absolute atomic E-state index is 13.9.